The molecule has 2 atom stereocenters. The Labute approximate surface area is 85.6 Å². The normalized spacial score (nSPS) is 28.2. The third-order valence-electron chi connectivity index (χ3n) is 3.01. The number of nitrogens with two attached hydrogens (primary N) is 1. The molecular formula is C10H21N3O. The molecule has 4 heteroatoms. The molecule has 0 amide bonds. The van der Waals surface area contributed by atoms with Crippen LogP contribution in [0.5, 0.6) is 0 Å². The highest BCUT2D eigenvalue weighted by Gasteiger charge is 2.21. The van der Waals surface area contributed by atoms with E-state index in [1.807, 2.05) is 0 Å². The summed E-state index contributed by atoms with van der Waals surface area (Å²) in [7, 11) is 0. The van der Waals surface area contributed by atoms with Crippen LogP contribution in [-0.4, -0.2) is 23.6 Å². The van der Waals surface area contributed by atoms with E-state index in [9.17, 15) is 0 Å². The third kappa shape index (κ3) is 3.54. The van der Waals surface area contributed by atoms with Crippen LogP contribution in [0.4, 0.5) is 0 Å². The lowest BCUT2D eigenvalue weighted by molar-refractivity contribution is 0.316. The molecule has 14 heavy (non-hydrogen) atoms. The first kappa shape index (κ1) is 11.3. The second-order valence-corrected chi connectivity index (χ2v) is 4.16. The van der Waals surface area contributed by atoms with Gasteiger partial charge < -0.3 is 16.3 Å². The molecule has 0 aromatic carbocycles. The molecule has 0 bridgehead atoms. The molecule has 0 aromatic rings. The van der Waals surface area contributed by atoms with Gasteiger partial charge in [0, 0.05) is 12.5 Å². The number of nitrogens with one attached hydrogen (secondary N) is 1. The zero-order valence-electron chi connectivity index (χ0n) is 8.87. The fourth-order valence-corrected chi connectivity index (χ4v) is 2.06. The minimum absolute atomic E-state index is 0.325. The van der Waals surface area contributed by atoms with Crippen molar-refractivity contribution in [3.63, 3.8) is 0 Å². The van der Waals surface area contributed by atoms with E-state index in [4.69, 9.17) is 10.9 Å². The molecule has 4 N–H and O–H groups in total. The predicted molar refractivity (Wildman–Crippen MR) is 57.4 cm³/mol. The maximum Gasteiger partial charge on any atom is 0.139 e. The summed E-state index contributed by atoms with van der Waals surface area (Å²) in [6, 6.07) is 0.683. The zero-order valence-corrected chi connectivity index (χ0v) is 8.87. The van der Waals surface area contributed by atoms with Crippen molar-refractivity contribution in [3.05, 3.63) is 0 Å². The standard InChI is InChI=1S/C10H21N3O/c1-8-4-2-5-9(8)12-7-3-6-10(11)13-14/h8-9,12,14H,2-7H2,1H3,(H2,11,13). The Kier molecular flexibility index (Phi) is 4.73. The highest BCUT2D eigenvalue weighted by Crippen LogP contribution is 2.24. The van der Waals surface area contributed by atoms with Gasteiger partial charge in [-0.2, -0.15) is 0 Å². The molecule has 4 nitrogen and oxygen atoms in total. The van der Waals surface area contributed by atoms with E-state index in [0.717, 1.165) is 18.9 Å². The van der Waals surface area contributed by atoms with Crippen LogP contribution in [0.2, 0.25) is 0 Å². The maximum atomic E-state index is 8.33. The van der Waals surface area contributed by atoms with Crippen LogP contribution < -0.4 is 11.1 Å². The van der Waals surface area contributed by atoms with Gasteiger partial charge in [0.2, 0.25) is 0 Å². The Bertz CT molecular complexity index is 194. The quantitative estimate of drug-likeness (QED) is 0.205. The highest BCUT2D eigenvalue weighted by atomic mass is 16.4. The Balaban J connectivity index is 2.03. The summed E-state index contributed by atoms with van der Waals surface area (Å²) in [4.78, 5) is 0. The zero-order chi connectivity index (χ0) is 10.4. The minimum atomic E-state index is 0.325. The number of amidine groups is 1. The molecule has 0 aromatic heterocycles. The highest BCUT2D eigenvalue weighted by molar-refractivity contribution is 5.79. The summed E-state index contributed by atoms with van der Waals surface area (Å²) in [5, 5.41) is 14.8. The fraction of sp³-hybridized carbons (Fsp3) is 0.900. The van der Waals surface area contributed by atoms with Crippen LogP contribution in [-0.2, 0) is 0 Å². The van der Waals surface area contributed by atoms with Gasteiger partial charge in [-0.1, -0.05) is 18.5 Å². The number of nitrogens with zero attached hydrogens (tertiary/aromatic N) is 1. The SMILES string of the molecule is CC1CCCC1NCCCC(N)=NO. The molecule has 0 saturated heterocycles. The second kappa shape index (κ2) is 5.86. The van der Waals surface area contributed by atoms with Crippen molar-refractivity contribution in [2.75, 3.05) is 6.54 Å². The van der Waals surface area contributed by atoms with Gasteiger partial charge in [-0.05, 0) is 31.7 Å². The van der Waals surface area contributed by atoms with Gasteiger partial charge in [-0.25, -0.2) is 0 Å². The van der Waals surface area contributed by atoms with E-state index in [2.05, 4.69) is 17.4 Å². The molecule has 1 rings (SSSR count). The molecule has 0 radical (unpaired) electrons. The molecule has 2 unspecified atom stereocenters. The van der Waals surface area contributed by atoms with E-state index in [-0.39, 0.29) is 0 Å². The van der Waals surface area contributed by atoms with Crippen LogP contribution in [0, 0.1) is 5.92 Å². The van der Waals surface area contributed by atoms with E-state index >= 15 is 0 Å². The van der Waals surface area contributed by atoms with Gasteiger partial charge in [0.25, 0.3) is 0 Å². The van der Waals surface area contributed by atoms with Crippen molar-refractivity contribution < 1.29 is 5.21 Å². The van der Waals surface area contributed by atoms with Gasteiger partial charge in [0.15, 0.2) is 0 Å². The summed E-state index contributed by atoms with van der Waals surface area (Å²) in [6.07, 6.45) is 5.60. The molecule has 1 fully saturated rings. The summed E-state index contributed by atoms with van der Waals surface area (Å²) in [5.41, 5.74) is 5.37. The van der Waals surface area contributed by atoms with Crippen molar-refractivity contribution in [1.82, 2.24) is 5.32 Å². The maximum absolute atomic E-state index is 8.33. The Morgan fingerprint density at radius 2 is 2.36 bits per heavy atom. The van der Waals surface area contributed by atoms with Crippen molar-refractivity contribution in [2.45, 2.75) is 45.1 Å². The lowest BCUT2D eigenvalue weighted by Gasteiger charge is -2.16. The topological polar surface area (TPSA) is 70.6 Å². The second-order valence-electron chi connectivity index (χ2n) is 4.16. The van der Waals surface area contributed by atoms with Crippen LogP contribution in [0.1, 0.15) is 39.0 Å². The monoisotopic (exact) mass is 199 g/mol. The van der Waals surface area contributed by atoms with Crippen LogP contribution in [0.3, 0.4) is 0 Å². The number of rotatable bonds is 5. The summed E-state index contributed by atoms with van der Waals surface area (Å²) >= 11 is 0. The largest absolute Gasteiger partial charge is 0.409 e. The van der Waals surface area contributed by atoms with E-state index < -0.39 is 0 Å². The molecular weight excluding hydrogens is 178 g/mol. The molecule has 0 spiro atoms. The smallest absolute Gasteiger partial charge is 0.139 e. The molecule has 1 aliphatic carbocycles. The summed E-state index contributed by atoms with van der Waals surface area (Å²) in [5.74, 6) is 1.13. The summed E-state index contributed by atoms with van der Waals surface area (Å²) in [6.45, 7) is 3.26. The Hall–Kier alpha value is -0.770. The van der Waals surface area contributed by atoms with Crippen molar-refractivity contribution in [2.24, 2.45) is 16.8 Å². The van der Waals surface area contributed by atoms with Crippen molar-refractivity contribution in [3.8, 4) is 0 Å². The Morgan fingerprint density at radius 1 is 1.57 bits per heavy atom. The molecule has 0 heterocycles. The van der Waals surface area contributed by atoms with Crippen molar-refractivity contribution in [1.29, 1.82) is 0 Å². The predicted octanol–water partition coefficient (Wildman–Crippen LogP) is 1.29. The van der Waals surface area contributed by atoms with E-state index in [0.29, 0.717) is 18.3 Å². The molecule has 1 aliphatic rings. The van der Waals surface area contributed by atoms with Crippen LogP contribution in [0.25, 0.3) is 0 Å². The Morgan fingerprint density at radius 3 is 2.93 bits per heavy atom. The summed E-state index contributed by atoms with van der Waals surface area (Å²) < 4.78 is 0. The average molecular weight is 199 g/mol. The van der Waals surface area contributed by atoms with Gasteiger partial charge in [-0.15, -0.1) is 0 Å². The van der Waals surface area contributed by atoms with Gasteiger partial charge >= 0.3 is 0 Å². The average Bonchev–Trinajstić information content (AvgIpc) is 2.58. The minimum Gasteiger partial charge on any atom is -0.409 e. The molecule has 1 saturated carbocycles. The number of hydrogen-bond donors (Lipinski definition) is 3. The number of hydrogen-bond acceptors (Lipinski definition) is 3. The molecule has 82 valence electrons. The number of oxime groups is 1. The lowest BCUT2D eigenvalue weighted by Crippen LogP contribution is -2.32. The first-order chi connectivity index (χ1) is 6.74. The first-order valence-corrected chi connectivity index (χ1v) is 5.44. The van der Waals surface area contributed by atoms with Gasteiger partial charge in [0.1, 0.15) is 5.84 Å². The third-order valence-corrected chi connectivity index (χ3v) is 3.01. The molecule has 0 aliphatic heterocycles. The van der Waals surface area contributed by atoms with Crippen molar-refractivity contribution >= 4 is 5.84 Å². The van der Waals surface area contributed by atoms with Crippen LogP contribution in [0.15, 0.2) is 5.16 Å². The lowest BCUT2D eigenvalue weighted by atomic mass is 10.1. The van der Waals surface area contributed by atoms with E-state index in [1.165, 1.54) is 19.3 Å². The van der Waals surface area contributed by atoms with Gasteiger partial charge in [0.05, 0.1) is 0 Å². The fourth-order valence-electron chi connectivity index (χ4n) is 2.06. The van der Waals surface area contributed by atoms with E-state index in [1.54, 1.807) is 0 Å². The first-order valence-electron chi connectivity index (χ1n) is 5.44. The van der Waals surface area contributed by atoms with Gasteiger partial charge in [-0.3, -0.25) is 0 Å². The van der Waals surface area contributed by atoms with Crippen LogP contribution >= 0.6 is 0 Å².